The number of ether oxygens (including phenoxy) is 1. The van der Waals surface area contributed by atoms with E-state index >= 15 is 0 Å². The lowest BCUT2D eigenvalue weighted by atomic mass is 9.81. The average molecular weight is 545 g/mol. The first-order valence-corrected chi connectivity index (χ1v) is 13.3. The number of piperidine rings is 1. The summed E-state index contributed by atoms with van der Waals surface area (Å²) in [5.41, 5.74) is 0.995. The van der Waals surface area contributed by atoms with Crippen LogP contribution in [0.15, 0.2) is 24.3 Å². The number of rotatable bonds is 6. The van der Waals surface area contributed by atoms with Crippen LogP contribution < -0.4 is 16.0 Å². The Balaban J connectivity index is 1.40. The number of thiazole rings is 1. The summed E-state index contributed by atoms with van der Waals surface area (Å²) < 4.78 is 4.96. The number of likely N-dealkylation sites (N-methyl/N-ethyl adjacent to an activating group) is 1. The van der Waals surface area contributed by atoms with Gasteiger partial charge < -0.3 is 30.6 Å². The second-order valence-electron chi connectivity index (χ2n) is 9.65. The van der Waals surface area contributed by atoms with Crippen molar-refractivity contribution in [2.75, 3.05) is 33.8 Å². The number of aromatic amines is 1. The predicted molar refractivity (Wildman–Crippen MR) is 141 cm³/mol. The zero-order chi connectivity index (χ0) is 26.2. The summed E-state index contributed by atoms with van der Waals surface area (Å²) >= 11 is 7.46. The predicted octanol–water partition coefficient (Wildman–Crippen LogP) is 2.09. The molecule has 4 N–H and O–H groups in total. The highest BCUT2D eigenvalue weighted by Gasteiger charge is 2.46. The van der Waals surface area contributed by atoms with Gasteiger partial charge in [0.1, 0.15) is 5.69 Å². The lowest BCUT2D eigenvalue weighted by Gasteiger charge is -2.44. The van der Waals surface area contributed by atoms with Gasteiger partial charge in [-0.05, 0) is 44.3 Å². The van der Waals surface area contributed by atoms with Gasteiger partial charge in [0.25, 0.3) is 11.8 Å². The molecule has 2 atom stereocenters. The Morgan fingerprint density at radius 2 is 2.14 bits per heavy atom. The van der Waals surface area contributed by atoms with Crippen molar-refractivity contribution in [2.24, 2.45) is 0 Å². The van der Waals surface area contributed by atoms with E-state index in [1.54, 1.807) is 18.2 Å². The van der Waals surface area contributed by atoms with Crippen LogP contribution in [-0.4, -0.2) is 78.0 Å². The van der Waals surface area contributed by atoms with Crippen molar-refractivity contribution in [3.8, 4) is 0 Å². The van der Waals surface area contributed by atoms with Crippen molar-refractivity contribution < 1.29 is 19.1 Å². The molecular weight excluding hydrogens is 516 g/mol. The fourth-order valence-electron chi connectivity index (χ4n) is 5.02. The molecule has 2 aliphatic rings. The Bertz CT molecular complexity index is 1360. The number of carbonyl (C=O) groups is 3. The van der Waals surface area contributed by atoms with Gasteiger partial charge in [0.05, 0.1) is 30.8 Å². The summed E-state index contributed by atoms with van der Waals surface area (Å²) in [5.74, 6) is -1.19. The number of carbonyl (C=O) groups excluding carboxylic acids is 3. The van der Waals surface area contributed by atoms with Crippen molar-refractivity contribution in [3.63, 3.8) is 0 Å². The Hall–Kier alpha value is -2.99. The molecule has 37 heavy (non-hydrogen) atoms. The molecule has 1 aromatic carbocycles. The molecule has 1 saturated heterocycles. The Labute approximate surface area is 223 Å². The second-order valence-corrected chi connectivity index (χ2v) is 11.2. The number of hydrogen-bond donors (Lipinski definition) is 4. The topological polar surface area (TPSA) is 128 Å². The van der Waals surface area contributed by atoms with Crippen molar-refractivity contribution in [1.29, 1.82) is 0 Å². The van der Waals surface area contributed by atoms with Crippen LogP contribution in [0.2, 0.25) is 5.02 Å². The molecule has 5 rings (SSSR count). The first kappa shape index (κ1) is 25.7. The van der Waals surface area contributed by atoms with Crippen LogP contribution in [0.5, 0.6) is 0 Å². The van der Waals surface area contributed by atoms with Gasteiger partial charge in [-0.2, -0.15) is 0 Å². The molecule has 12 heteroatoms. The molecule has 10 nitrogen and oxygen atoms in total. The van der Waals surface area contributed by atoms with Crippen LogP contribution in [0.25, 0.3) is 10.9 Å². The highest BCUT2D eigenvalue weighted by Crippen LogP contribution is 2.28. The molecule has 2 unspecified atom stereocenters. The number of hydrogen-bond acceptors (Lipinski definition) is 8. The van der Waals surface area contributed by atoms with E-state index in [-0.39, 0.29) is 24.8 Å². The fraction of sp³-hybridized carbons (Fsp3) is 0.440. The van der Waals surface area contributed by atoms with Gasteiger partial charge in [0, 0.05) is 46.9 Å². The van der Waals surface area contributed by atoms with Crippen molar-refractivity contribution in [1.82, 2.24) is 30.8 Å². The first-order valence-electron chi connectivity index (χ1n) is 12.1. The Kier molecular flexibility index (Phi) is 7.21. The summed E-state index contributed by atoms with van der Waals surface area (Å²) in [6.07, 6.45) is 1.19. The lowest BCUT2D eigenvalue weighted by Crippen LogP contribution is -2.70. The standard InChI is InChI=1S/C25H29ClN6O4S/c1-32-8-6-17-19(12-32)37-24(29-17)23(35)31-25(11-21(33)36-2)13-27-7-5-20(25)30-22(34)18-10-14-9-15(26)3-4-16(14)28-18/h3-4,9-10,20,27-28H,5-8,11-13H2,1-2H3,(H,30,34)(H,31,35). The Morgan fingerprint density at radius 3 is 2.95 bits per heavy atom. The van der Waals surface area contributed by atoms with Gasteiger partial charge >= 0.3 is 5.97 Å². The van der Waals surface area contributed by atoms with Crippen LogP contribution in [-0.2, 0) is 22.5 Å². The molecule has 2 aliphatic heterocycles. The molecule has 0 bridgehead atoms. The molecule has 0 saturated carbocycles. The number of esters is 1. The summed E-state index contributed by atoms with van der Waals surface area (Å²) in [6.45, 7) is 2.55. The molecule has 0 radical (unpaired) electrons. The second kappa shape index (κ2) is 10.4. The normalized spacial score (nSPS) is 21.9. The summed E-state index contributed by atoms with van der Waals surface area (Å²) in [6, 6.07) is 6.55. The largest absolute Gasteiger partial charge is 0.469 e. The van der Waals surface area contributed by atoms with Crippen LogP contribution in [0.3, 0.4) is 0 Å². The fourth-order valence-corrected chi connectivity index (χ4v) is 6.28. The van der Waals surface area contributed by atoms with Crippen LogP contribution in [0.1, 0.15) is 43.7 Å². The molecule has 196 valence electrons. The highest BCUT2D eigenvalue weighted by atomic mass is 35.5. The van der Waals surface area contributed by atoms with Crippen molar-refractivity contribution in [2.45, 2.75) is 37.4 Å². The van der Waals surface area contributed by atoms with Crippen LogP contribution in [0, 0.1) is 0 Å². The maximum absolute atomic E-state index is 13.4. The molecular formula is C25H29ClN6O4S. The number of H-pyrrole nitrogens is 1. The van der Waals surface area contributed by atoms with Gasteiger partial charge in [-0.15, -0.1) is 11.3 Å². The van der Waals surface area contributed by atoms with E-state index in [9.17, 15) is 14.4 Å². The summed E-state index contributed by atoms with van der Waals surface area (Å²) in [5, 5.41) is 11.1. The van der Waals surface area contributed by atoms with Crippen molar-refractivity contribution >= 4 is 51.6 Å². The van der Waals surface area contributed by atoms with Gasteiger partial charge in [-0.1, -0.05) is 11.6 Å². The maximum Gasteiger partial charge on any atom is 0.308 e. The van der Waals surface area contributed by atoms with E-state index in [0.717, 1.165) is 41.0 Å². The summed E-state index contributed by atoms with van der Waals surface area (Å²) in [4.78, 5) is 50.2. The van der Waals surface area contributed by atoms with Gasteiger partial charge in [-0.25, -0.2) is 4.98 Å². The molecule has 3 aromatic rings. The average Bonchev–Trinajstić information content (AvgIpc) is 3.49. The quantitative estimate of drug-likeness (QED) is 0.350. The minimum Gasteiger partial charge on any atom is -0.469 e. The molecule has 0 spiro atoms. The van der Waals surface area contributed by atoms with E-state index in [4.69, 9.17) is 16.3 Å². The lowest BCUT2D eigenvalue weighted by molar-refractivity contribution is -0.142. The third-order valence-corrected chi connectivity index (χ3v) is 8.33. The minimum atomic E-state index is -1.10. The minimum absolute atomic E-state index is 0.108. The third kappa shape index (κ3) is 5.35. The molecule has 0 aliphatic carbocycles. The van der Waals surface area contributed by atoms with E-state index in [0.29, 0.717) is 28.7 Å². The van der Waals surface area contributed by atoms with E-state index in [1.807, 2.05) is 13.1 Å². The molecule has 2 amide bonds. The number of methoxy groups -OCH3 is 1. The summed E-state index contributed by atoms with van der Waals surface area (Å²) in [7, 11) is 3.35. The van der Waals surface area contributed by atoms with E-state index in [2.05, 4.69) is 30.8 Å². The zero-order valence-electron chi connectivity index (χ0n) is 20.7. The smallest absolute Gasteiger partial charge is 0.308 e. The Morgan fingerprint density at radius 1 is 1.30 bits per heavy atom. The number of aromatic nitrogens is 2. The number of halogens is 1. The van der Waals surface area contributed by atoms with Crippen molar-refractivity contribution in [3.05, 3.63) is 50.6 Å². The zero-order valence-corrected chi connectivity index (χ0v) is 22.2. The first-order chi connectivity index (χ1) is 17.8. The maximum atomic E-state index is 13.4. The number of fused-ring (bicyclic) bond motifs is 2. The number of nitrogens with one attached hydrogen (secondary N) is 4. The highest BCUT2D eigenvalue weighted by molar-refractivity contribution is 7.13. The van der Waals surface area contributed by atoms with Gasteiger partial charge in [-0.3, -0.25) is 14.4 Å². The van der Waals surface area contributed by atoms with Gasteiger partial charge in [0.2, 0.25) is 0 Å². The third-order valence-electron chi connectivity index (χ3n) is 7.02. The van der Waals surface area contributed by atoms with Crippen LogP contribution in [0.4, 0.5) is 0 Å². The van der Waals surface area contributed by atoms with E-state index in [1.165, 1.54) is 18.4 Å². The van der Waals surface area contributed by atoms with Crippen LogP contribution >= 0.6 is 22.9 Å². The SMILES string of the molecule is COC(=O)CC1(NC(=O)c2nc3c(s2)CN(C)CC3)CNCCC1NC(=O)c1cc2cc(Cl)ccc2[nH]1. The molecule has 4 heterocycles. The number of benzene rings is 1. The van der Waals surface area contributed by atoms with Gasteiger partial charge in [0.15, 0.2) is 5.01 Å². The molecule has 2 aromatic heterocycles. The molecule has 1 fully saturated rings. The number of nitrogens with zero attached hydrogens (tertiary/aromatic N) is 2. The monoisotopic (exact) mass is 544 g/mol. The number of amides is 2. The van der Waals surface area contributed by atoms with E-state index < -0.39 is 17.6 Å².